The molecule has 2 aliphatic rings. The molecular weight excluding hydrogens is 316 g/mol. The Hall–Kier alpha value is -1.98. The van der Waals surface area contributed by atoms with Gasteiger partial charge in [-0.15, -0.1) is 0 Å². The summed E-state index contributed by atoms with van der Waals surface area (Å²) in [7, 11) is -0.449. The van der Waals surface area contributed by atoms with Gasteiger partial charge in [0.05, 0.1) is 22.6 Å². The summed E-state index contributed by atoms with van der Waals surface area (Å²) < 4.78 is 26.5. The fourth-order valence-corrected chi connectivity index (χ4v) is 3.22. The molecule has 1 aliphatic carbocycles. The Bertz CT molecular complexity index is 860. The standard InChI is InChI=1S/C20H21BFNO2/c1-19(2)20(3,4)25-21(24-19)15-11-9-13-10-12-17(23-18(13)15)14-7-5-6-8-16(14)22/h5-8,10-12H,9H2,1-4H3. The number of benzene rings is 1. The van der Waals surface area contributed by atoms with E-state index in [1.807, 2.05) is 45.9 Å². The van der Waals surface area contributed by atoms with E-state index in [1.54, 1.807) is 12.1 Å². The highest BCUT2D eigenvalue weighted by molar-refractivity contribution is 6.69. The lowest BCUT2D eigenvalue weighted by molar-refractivity contribution is 0.00578. The van der Waals surface area contributed by atoms with Crippen molar-refractivity contribution in [3.63, 3.8) is 0 Å². The van der Waals surface area contributed by atoms with Crippen molar-refractivity contribution in [3.8, 4) is 11.3 Å². The van der Waals surface area contributed by atoms with Gasteiger partial charge in [0.2, 0.25) is 0 Å². The smallest absolute Gasteiger partial charge is 0.399 e. The average molecular weight is 337 g/mol. The lowest BCUT2D eigenvalue weighted by Crippen LogP contribution is -2.41. The zero-order chi connectivity index (χ0) is 17.8. The summed E-state index contributed by atoms with van der Waals surface area (Å²) >= 11 is 0. The van der Waals surface area contributed by atoms with Crippen LogP contribution in [0.5, 0.6) is 0 Å². The number of halogens is 1. The van der Waals surface area contributed by atoms with Crippen LogP contribution in [0.4, 0.5) is 4.39 Å². The first-order valence-electron chi connectivity index (χ1n) is 8.59. The minimum Gasteiger partial charge on any atom is -0.399 e. The molecule has 0 unspecified atom stereocenters. The molecule has 128 valence electrons. The second-order valence-electron chi connectivity index (χ2n) is 7.64. The first kappa shape index (κ1) is 16.5. The molecule has 0 atom stereocenters. The maximum absolute atomic E-state index is 14.1. The third-order valence-corrected chi connectivity index (χ3v) is 5.45. The minimum atomic E-state index is -0.449. The third kappa shape index (κ3) is 2.62. The zero-order valence-corrected chi connectivity index (χ0v) is 15.0. The first-order chi connectivity index (χ1) is 11.8. The van der Waals surface area contributed by atoms with E-state index < -0.39 is 18.3 Å². The van der Waals surface area contributed by atoms with Crippen LogP contribution in [0.3, 0.4) is 0 Å². The number of allylic oxidation sites excluding steroid dienone is 1. The SMILES string of the molecule is CC1(C)OB(C2=CCc3ccc(-c4ccccc4F)nc32)OC1(C)C. The Morgan fingerprint density at radius 1 is 1.00 bits per heavy atom. The molecule has 0 amide bonds. The van der Waals surface area contributed by atoms with Crippen LogP contribution in [-0.4, -0.2) is 23.3 Å². The van der Waals surface area contributed by atoms with Crippen molar-refractivity contribution < 1.29 is 13.7 Å². The molecule has 1 aromatic heterocycles. The van der Waals surface area contributed by atoms with Crippen LogP contribution in [0.1, 0.15) is 39.0 Å². The summed E-state index contributed by atoms with van der Waals surface area (Å²) in [6.07, 6.45) is 2.89. The van der Waals surface area contributed by atoms with Gasteiger partial charge in [-0.05, 0) is 57.9 Å². The van der Waals surface area contributed by atoms with E-state index in [9.17, 15) is 4.39 Å². The van der Waals surface area contributed by atoms with Gasteiger partial charge in [-0.3, -0.25) is 0 Å². The summed E-state index contributed by atoms with van der Waals surface area (Å²) in [5, 5.41) is 0. The summed E-state index contributed by atoms with van der Waals surface area (Å²) in [4.78, 5) is 4.74. The van der Waals surface area contributed by atoms with E-state index in [1.165, 1.54) is 6.07 Å². The lowest BCUT2D eigenvalue weighted by Gasteiger charge is -2.32. The zero-order valence-electron chi connectivity index (χ0n) is 15.0. The highest BCUT2D eigenvalue weighted by atomic mass is 19.1. The predicted molar refractivity (Wildman–Crippen MR) is 97.4 cm³/mol. The van der Waals surface area contributed by atoms with Gasteiger partial charge in [-0.25, -0.2) is 9.37 Å². The highest BCUT2D eigenvalue weighted by Crippen LogP contribution is 2.42. The molecule has 1 aromatic carbocycles. The van der Waals surface area contributed by atoms with Crippen LogP contribution in [0, 0.1) is 5.82 Å². The number of aromatic nitrogens is 1. The molecule has 0 bridgehead atoms. The molecule has 25 heavy (non-hydrogen) atoms. The topological polar surface area (TPSA) is 31.4 Å². The summed E-state index contributed by atoms with van der Waals surface area (Å²) in [5.41, 5.74) is 3.23. The molecule has 3 nitrogen and oxygen atoms in total. The Kier molecular flexibility index (Phi) is 3.64. The molecule has 0 saturated carbocycles. The maximum atomic E-state index is 14.1. The van der Waals surface area contributed by atoms with Gasteiger partial charge in [-0.2, -0.15) is 0 Å². The van der Waals surface area contributed by atoms with Gasteiger partial charge in [0.25, 0.3) is 0 Å². The number of nitrogens with zero attached hydrogens (tertiary/aromatic N) is 1. The molecule has 2 aromatic rings. The van der Waals surface area contributed by atoms with Crippen molar-refractivity contribution in [1.82, 2.24) is 4.98 Å². The number of fused-ring (bicyclic) bond motifs is 1. The Balaban J connectivity index is 1.71. The predicted octanol–water partition coefficient (Wildman–Crippen LogP) is 4.46. The largest absolute Gasteiger partial charge is 0.496 e. The van der Waals surface area contributed by atoms with E-state index in [4.69, 9.17) is 14.3 Å². The van der Waals surface area contributed by atoms with Crippen molar-refractivity contribution in [2.45, 2.75) is 45.3 Å². The van der Waals surface area contributed by atoms with Crippen LogP contribution in [0.15, 0.2) is 42.5 Å². The molecular formula is C20H21BFNO2. The van der Waals surface area contributed by atoms with E-state index in [0.29, 0.717) is 11.3 Å². The highest BCUT2D eigenvalue weighted by Gasteiger charge is 2.53. The molecule has 2 heterocycles. The molecule has 0 spiro atoms. The van der Waals surface area contributed by atoms with Crippen molar-refractivity contribution in [2.24, 2.45) is 0 Å². The van der Waals surface area contributed by atoms with Crippen LogP contribution >= 0.6 is 0 Å². The minimum absolute atomic E-state index is 0.269. The Morgan fingerprint density at radius 3 is 2.36 bits per heavy atom. The summed E-state index contributed by atoms with van der Waals surface area (Å²) in [6.45, 7) is 8.14. The van der Waals surface area contributed by atoms with Crippen LogP contribution in [0.2, 0.25) is 0 Å². The van der Waals surface area contributed by atoms with E-state index >= 15 is 0 Å². The monoisotopic (exact) mass is 337 g/mol. The maximum Gasteiger partial charge on any atom is 0.496 e. The summed E-state index contributed by atoms with van der Waals surface area (Å²) in [5.74, 6) is -0.269. The normalized spacial score (nSPS) is 20.5. The van der Waals surface area contributed by atoms with E-state index in [-0.39, 0.29) is 5.82 Å². The van der Waals surface area contributed by atoms with E-state index in [0.717, 1.165) is 23.2 Å². The van der Waals surface area contributed by atoms with Crippen LogP contribution in [-0.2, 0) is 15.7 Å². The second-order valence-corrected chi connectivity index (χ2v) is 7.64. The molecule has 1 saturated heterocycles. The van der Waals surface area contributed by atoms with Gasteiger partial charge >= 0.3 is 7.12 Å². The number of hydrogen-bond donors (Lipinski definition) is 0. The molecule has 0 N–H and O–H groups in total. The molecule has 0 radical (unpaired) electrons. The fraction of sp³-hybridized carbons (Fsp3) is 0.350. The third-order valence-electron chi connectivity index (χ3n) is 5.45. The fourth-order valence-electron chi connectivity index (χ4n) is 3.22. The Morgan fingerprint density at radius 2 is 1.68 bits per heavy atom. The quantitative estimate of drug-likeness (QED) is 0.759. The molecule has 4 rings (SSSR count). The van der Waals surface area contributed by atoms with Gasteiger partial charge in [0.15, 0.2) is 0 Å². The number of hydrogen-bond acceptors (Lipinski definition) is 3. The number of rotatable bonds is 2. The number of pyridine rings is 1. The first-order valence-corrected chi connectivity index (χ1v) is 8.59. The summed E-state index contributed by atoms with van der Waals surface area (Å²) in [6, 6.07) is 10.6. The van der Waals surface area contributed by atoms with Crippen molar-refractivity contribution in [3.05, 3.63) is 59.5 Å². The second kappa shape index (κ2) is 5.51. The van der Waals surface area contributed by atoms with Gasteiger partial charge in [0, 0.05) is 11.0 Å². The van der Waals surface area contributed by atoms with Crippen LogP contribution < -0.4 is 0 Å². The van der Waals surface area contributed by atoms with Gasteiger partial charge in [-0.1, -0.05) is 24.3 Å². The van der Waals surface area contributed by atoms with Crippen molar-refractivity contribution in [2.75, 3.05) is 0 Å². The average Bonchev–Trinajstić information content (AvgIpc) is 3.05. The van der Waals surface area contributed by atoms with Crippen molar-refractivity contribution >= 4 is 12.6 Å². The van der Waals surface area contributed by atoms with E-state index in [2.05, 4.69) is 6.08 Å². The molecule has 5 heteroatoms. The Labute approximate surface area is 148 Å². The molecule has 1 fully saturated rings. The van der Waals surface area contributed by atoms with Crippen LogP contribution in [0.25, 0.3) is 16.7 Å². The van der Waals surface area contributed by atoms with Crippen molar-refractivity contribution in [1.29, 1.82) is 0 Å². The lowest BCUT2D eigenvalue weighted by atomic mass is 9.77. The molecule has 1 aliphatic heterocycles. The van der Waals surface area contributed by atoms with Gasteiger partial charge < -0.3 is 9.31 Å². The van der Waals surface area contributed by atoms with Gasteiger partial charge in [0.1, 0.15) is 5.82 Å².